The van der Waals surface area contributed by atoms with Gasteiger partial charge in [-0.3, -0.25) is 4.79 Å². The Morgan fingerprint density at radius 3 is 2.22 bits per heavy atom. The van der Waals surface area contributed by atoms with E-state index in [0.29, 0.717) is 46.6 Å². The van der Waals surface area contributed by atoms with Crippen LogP contribution in [0.4, 0.5) is 5.69 Å². The highest BCUT2D eigenvalue weighted by molar-refractivity contribution is 6.05. The highest BCUT2D eigenvalue weighted by Gasteiger charge is 2.14. The molecule has 0 aliphatic carbocycles. The fourth-order valence-electron chi connectivity index (χ4n) is 3.09. The summed E-state index contributed by atoms with van der Waals surface area (Å²) in [4.78, 5) is 13.0. The van der Waals surface area contributed by atoms with Crippen molar-refractivity contribution in [2.45, 2.75) is 13.5 Å². The van der Waals surface area contributed by atoms with E-state index in [1.54, 1.807) is 63.8 Å². The Hall–Kier alpha value is -3.87. The molecular formula is C25H27NO6. The Morgan fingerprint density at radius 1 is 0.781 bits per heavy atom. The molecule has 7 nitrogen and oxygen atoms in total. The first-order valence-corrected chi connectivity index (χ1v) is 10.1. The van der Waals surface area contributed by atoms with E-state index in [1.807, 2.05) is 25.1 Å². The number of amides is 1. The van der Waals surface area contributed by atoms with Crippen molar-refractivity contribution in [3.63, 3.8) is 0 Å². The second kappa shape index (κ2) is 10.9. The molecule has 32 heavy (non-hydrogen) atoms. The monoisotopic (exact) mass is 437 g/mol. The molecule has 168 valence electrons. The maximum Gasteiger partial charge on any atom is 0.255 e. The molecule has 0 atom stereocenters. The Labute approximate surface area is 187 Å². The van der Waals surface area contributed by atoms with Crippen molar-refractivity contribution in [1.29, 1.82) is 0 Å². The molecule has 0 spiro atoms. The third kappa shape index (κ3) is 5.63. The van der Waals surface area contributed by atoms with Gasteiger partial charge in [-0.05, 0) is 49.4 Å². The second-order valence-electron chi connectivity index (χ2n) is 6.74. The molecule has 1 N–H and O–H groups in total. The van der Waals surface area contributed by atoms with Crippen LogP contribution < -0.4 is 29.0 Å². The molecule has 0 saturated carbocycles. The van der Waals surface area contributed by atoms with E-state index in [9.17, 15) is 4.79 Å². The fourth-order valence-corrected chi connectivity index (χ4v) is 3.09. The van der Waals surface area contributed by atoms with Gasteiger partial charge < -0.3 is 29.0 Å². The van der Waals surface area contributed by atoms with Crippen LogP contribution in [0.3, 0.4) is 0 Å². The summed E-state index contributed by atoms with van der Waals surface area (Å²) < 4.78 is 27.5. The first kappa shape index (κ1) is 22.8. The van der Waals surface area contributed by atoms with Crippen LogP contribution in [-0.2, 0) is 6.61 Å². The number of anilines is 1. The van der Waals surface area contributed by atoms with Gasteiger partial charge in [-0.15, -0.1) is 0 Å². The predicted molar refractivity (Wildman–Crippen MR) is 122 cm³/mol. The number of hydrogen-bond acceptors (Lipinski definition) is 6. The third-order valence-corrected chi connectivity index (χ3v) is 4.71. The van der Waals surface area contributed by atoms with Crippen molar-refractivity contribution in [2.75, 3.05) is 33.3 Å². The van der Waals surface area contributed by atoms with E-state index < -0.39 is 0 Å². The average molecular weight is 437 g/mol. The number of nitrogens with one attached hydrogen (secondary N) is 1. The highest BCUT2D eigenvalue weighted by Crippen LogP contribution is 2.30. The summed E-state index contributed by atoms with van der Waals surface area (Å²) >= 11 is 0. The minimum absolute atomic E-state index is 0.228. The average Bonchev–Trinajstić information content (AvgIpc) is 2.83. The number of hydrogen-bond donors (Lipinski definition) is 1. The predicted octanol–water partition coefficient (Wildman–Crippen LogP) is 4.94. The smallest absolute Gasteiger partial charge is 0.255 e. The zero-order chi connectivity index (χ0) is 22.9. The summed E-state index contributed by atoms with van der Waals surface area (Å²) in [6, 6.07) is 17.8. The molecule has 0 bridgehead atoms. The van der Waals surface area contributed by atoms with Gasteiger partial charge in [0, 0.05) is 23.3 Å². The van der Waals surface area contributed by atoms with E-state index in [4.69, 9.17) is 23.7 Å². The molecule has 3 rings (SSSR count). The van der Waals surface area contributed by atoms with Crippen LogP contribution >= 0.6 is 0 Å². The number of carbonyl (C=O) groups excluding carboxylic acids is 1. The Kier molecular flexibility index (Phi) is 7.80. The van der Waals surface area contributed by atoms with Crippen molar-refractivity contribution in [3.05, 3.63) is 71.8 Å². The molecule has 0 aliphatic rings. The Morgan fingerprint density at radius 2 is 1.50 bits per heavy atom. The van der Waals surface area contributed by atoms with Gasteiger partial charge in [-0.25, -0.2) is 0 Å². The summed E-state index contributed by atoms with van der Waals surface area (Å²) in [6.07, 6.45) is 0. The third-order valence-electron chi connectivity index (χ3n) is 4.71. The highest BCUT2D eigenvalue weighted by atomic mass is 16.5. The molecule has 0 saturated heterocycles. The molecule has 7 heteroatoms. The summed E-state index contributed by atoms with van der Waals surface area (Å²) in [7, 11) is 4.71. The van der Waals surface area contributed by atoms with Gasteiger partial charge in [-0.2, -0.15) is 0 Å². The minimum Gasteiger partial charge on any atom is -0.497 e. The number of carbonyl (C=O) groups is 1. The SMILES string of the molecule is CCOc1ccc(C(=O)Nc2cc(OC)ccc2OC)cc1COc1cccc(OC)c1. The second-order valence-corrected chi connectivity index (χ2v) is 6.74. The Bertz CT molecular complexity index is 1070. The van der Waals surface area contributed by atoms with Gasteiger partial charge in [0.25, 0.3) is 5.91 Å². The summed E-state index contributed by atoms with van der Waals surface area (Å²) in [6.45, 7) is 2.63. The first-order chi connectivity index (χ1) is 15.6. The standard InChI is InChI=1S/C25H27NO6/c1-5-31-23-11-9-17(13-18(23)16-32-21-8-6-7-19(14-21)28-2)25(27)26-22-15-20(29-3)10-12-24(22)30-4/h6-15H,5,16H2,1-4H3,(H,26,27). The van der Waals surface area contributed by atoms with Gasteiger partial charge in [0.1, 0.15) is 35.4 Å². The van der Waals surface area contributed by atoms with Crippen molar-refractivity contribution in [1.82, 2.24) is 0 Å². The van der Waals surface area contributed by atoms with E-state index >= 15 is 0 Å². The fraction of sp³-hybridized carbons (Fsp3) is 0.240. The van der Waals surface area contributed by atoms with Crippen molar-refractivity contribution in [2.24, 2.45) is 0 Å². The van der Waals surface area contributed by atoms with Gasteiger partial charge >= 0.3 is 0 Å². The van der Waals surface area contributed by atoms with E-state index in [-0.39, 0.29) is 12.5 Å². The van der Waals surface area contributed by atoms with Crippen molar-refractivity contribution >= 4 is 11.6 Å². The maximum atomic E-state index is 13.0. The molecule has 0 aliphatic heterocycles. The number of rotatable bonds is 10. The normalized spacial score (nSPS) is 10.2. The quantitative estimate of drug-likeness (QED) is 0.484. The van der Waals surface area contributed by atoms with Crippen molar-refractivity contribution in [3.8, 4) is 28.7 Å². The largest absolute Gasteiger partial charge is 0.497 e. The van der Waals surface area contributed by atoms with Gasteiger partial charge in [0.05, 0.1) is 33.6 Å². The zero-order valence-corrected chi connectivity index (χ0v) is 18.6. The minimum atomic E-state index is -0.290. The molecule has 3 aromatic carbocycles. The van der Waals surface area contributed by atoms with Crippen LogP contribution in [-0.4, -0.2) is 33.8 Å². The van der Waals surface area contributed by atoms with Crippen LogP contribution in [0.5, 0.6) is 28.7 Å². The molecular weight excluding hydrogens is 410 g/mol. The maximum absolute atomic E-state index is 13.0. The van der Waals surface area contributed by atoms with Crippen LogP contribution in [0, 0.1) is 0 Å². The summed E-state index contributed by atoms with van der Waals surface area (Å²) in [5, 5.41) is 2.88. The van der Waals surface area contributed by atoms with Crippen LogP contribution in [0.1, 0.15) is 22.8 Å². The molecule has 0 radical (unpaired) electrons. The lowest BCUT2D eigenvalue weighted by Gasteiger charge is -2.15. The van der Waals surface area contributed by atoms with E-state index in [2.05, 4.69) is 5.32 Å². The summed E-state index contributed by atoms with van der Waals surface area (Å²) in [5.74, 6) is 2.87. The molecule has 1 amide bonds. The molecule has 0 unspecified atom stereocenters. The lowest BCUT2D eigenvalue weighted by molar-refractivity contribution is 0.102. The lowest BCUT2D eigenvalue weighted by atomic mass is 10.1. The molecule has 0 aromatic heterocycles. The topological polar surface area (TPSA) is 75.3 Å². The van der Waals surface area contributed by atoms with E-state index in [0.717, 1.165) is 5.56 Å². The van der Waals surface area contributed by atoms with Gasteiger partial charge in [0.15, 0.2) is 0 Å². The van der Waals surface area contributed by atoms with Crippen LogP contribution in [0.15, 0.2) is 60.7 Å². The number of ether oxygens (including phenoxy) is 5. The van der Waals surface area contributed by atoms with Crippen molar-refractivity contribution < 1.29 is 28.5 Å². The molecule has 0 fully saturated rings. The number of methoxy groups -OCH3 is 3. The van der Waals surface area contributed by atoms with E-state index in [1.165, 1.54) is 0 Å². The Balaban J connectivity index is 1.82. The first-order valence-electron chi connectivity index (χ1n) is 10.1. The summed E-state index contributed by atoms with van der Waals surface area (Å²) in [5.41, 5.74) is 1.72. The zero-order valence-electron chi connectivity index (χ0n) is 18.6. The van der Waals surface area contributed by atoms with Gasteiger partial charge in [0.2, 0.25) is 0 Å². The number of benzene rings is 3. The van der Waals surface area contributed by atoms with Crippen LogP contribution in [0.25, 0.3) is 0 Å². The van der Waals surface area contributed by atoms with Gasteiger partial charge in [-0.1, -0.05) is 6.07 Å². The lowest BCUT2D eigenvalue weighted by Crippen LogP contribution is -2.14. The molecule has 0 heterocycles. The molecule has 3 aromatic rings. The van der Waals surface area contributed by atoms with Crippen LogP contribution in [0.2, 0.25) is 0 Å².